The van der Waals surface area contributed by atoms with Crippen LogP contribution in [0.25, 0.3) is 17.0 Å². The fraction of sp³-hybridized carbons (Fsp3) is 0.143. The number of hydrogen-bond donors (Lipinski definition) is 1. The van der Waals surface area contributed by atoms with Gasteiger partial charge < -0.3 is 14.8 Å². The first-order chi connectivity index (χ1) is 17.7. The number of aromatic nitrogens is 4. The number of carbonyl (C=O) groups is 1. The lowest BCUT2D eigenvalue weighted by molar-refractivity contribution is -0.121. The molecule has 36 heavy (non-hydrogen) atoms. The number of nitrogens with zero attached hydrogens (tertiary/aromatic N) is 4. The number of rotatable bonds is 9. The van der Waals surface area contributed by atoms with Gasteiger partial charge in [0.25, 0.3) is 0 Å². The van der Waals surface area contributed by atoms with Crippen LogP contribution in [-0.4, -0.2) is 46.0 Å². The molecule has 1 N–H and O–H groups in total. The molecule has 8 heteroatoms. The molecule has 0 fully saturated rings. The number of amides is 1. The SMILES string of the molecule is COc1ccccc1-c1nnc2ccc(OCCNC(=O)C(c3ccccc3)c3ccccc3)nn12. The number of nitrogens with one attached hydrogen (secondary N) is 1. The molecule has 0 radical (unpaired) electrons. The van der Waals surface area contributed by atoms with Gasteiger partial charge in [-0.05, 0) is 29.3 Å². The molecule has 0 atom stereocenters. The average molecular weight is 480 g/mol. The summed E-state index contributed by atoms with van der Waals surface area (Å²) in [6.07, 6.45) is 0. The third-order valence-corrected chi connectivity index (χ3v) is 5.77. The Morgan fingerprint density at radius 3 is 2.22 bits per heavy atom. The molecule has 2 aromatic heterocycles. The van der Waals surface area contributed by atoms with Crippen molar-refractivity contribution in [2.75, 3.05) is 20.3 Å². The topological polar surface area (TPSA) is 90.6 Å². The van der Waals surface area contributed by atoms with E-state index >= 15 is 0 Å². The molecule has 0 unspecified atom stereocenters. The zero-order valence-electron chi connectivity index (χ0n) is 19.7. The molecule has 0 aliphatic heterocycles. The van der Waals surface area contributed by atoms with E-state index in [1.54, 1.807) is 23.8 Å². The van der Waals surface area contributed by atoms with Gasteiger partial charge in [-0.2, -0.15) is 4.52 Å². The average Bonchev–Trinajstić information content (AvgIpc) is 3.35. The van der Waals surface area contributed by atoms with E-state index in [0.29, 0.717) is 29.6 Å². The van der Waals surface area contributed by atoms with Crippen LogP contribution in [0.3, 0.4) is 0 Å². The van der Waals surface area contributed by atoms with Crippen molar-refractivity contribution in [1.82, 2.24) is 25.1 Å². The van der Waals surface area contributed by atoms with Crippen LogP contribution >= 0.6 is 0 Å². The number of methoxy groups -OCH3 is 1. The maximum Gasteiger partial charge on any atom is 0.232 e. The summed E-state index contributed by atoms with van der Waals surface area (Å²) < 4.78 is 12.9. The van der Waals surface area contributed by atoms with Crippen LogP contribution in [-0.2, 0) is 4.79 Å². The van der Waals surface area contributed by atoms with Crippen molar-refractivity contribution >= 4 is 11.6 Å². The molecule has 5 aromatic rings. The van der Waals surface area contributed by atoms with Crippen molar-refractivity contribution in [1.29, 1.82) is 0 Å². The summed E-state index contributed by atoms with van der Waals surface area (Å²) in [5.41, 5.74) is 3.24. The maximum atomic E-state index is 13.1. The van der Waals surface area contributed by atoms with Crippen molar-refractivity contribution < 1.29 is 14.3 Å². The van der Waals surface area contributed by atoms with Gasteiger partial charge in [-0.1, -0.05) is 72.8 Å². The summed E-state index contributed by atoms with van der Waals surface area (Å²) in [7, 11) is 1.61. The highest BCUT2D eigenvalue weighted by atomic mass is 16.5. The van der Waals surface area contributed by atoms with Gasteiger partial charge in [-0.3, -0.25) is 4.79 Å². The third kappa shape index (κ3) is 4.88. The largest absolute Gasteiger partial charge is 0.496 e. The van der Waals surface area contributed by atoms with Gasteiger partial charge in [-0.25, -0.2) is 0 Å². The van der Waals surface area contributed by atoms with Gasteiger partial charge in [0.15, 0.2) is 11.5 Å². The Morgan fingerprint density at radius 2 is 1.53 bits per heavy atom. The van der Waals surface area contributed by atoms with Crippen LogP contribution in [0.15, 0.2) is 97.1 Å². The van der Waals surface area contributed by atoms with E-state index in [2.05, 4.69) is 20.6 Å². The molecular formula is C28H25N5O3. The molecule has 5 rings (SSSR count). The standard InChI is InChI=1S/C28H25N5O3/c1-35-23-15-9-8-14-22(23)27-31-30-24-16-17-25(32-33(24)27)36-19-18-29-28(34)26(20-10-4-2-5-11-20)21-12-6-3-7-13-21/h2-17,26H,18-19H2,1H3,(H,29,34). The predicted octanol–water partition coefficient (Wildman–Crippen LogP) is 4.13. The second kappa shape index (κ2) is 10.7. The minimum Gasteiger partial charge on any atom is -0.496 e. The number of ether oxygens (including phenoxy) is 2. The fourth-order valence-corrected chi connectivity index (χ4v) is 4.06. The second-order valence-corrected chi connectivity index (χ2v) is 8.06. The highest BCUT2D eigenvalue weighted by Gasteiger charge is 2.22. The van der Waals surface area contributed by atoms with Gasteiger partial charge in [0.1, 0.15) is 12.4 Å². The molecule has 0 spiro atoms. The molecular weight excluding hydrogens is 454 g/mol. The monoisotopic (exact) mass is 479 g/mol. The molecule has 2 heterocycles. The lowest BCUT2D eigenvalue weighted by Gasteiger charge is -2.18. The quantitative estimate of drug-likeness (QED) is 0.320. The summed E-state index contributed by atoms with van der Waals surface area (Å²) >= 11 is 0. The Labute approximate surface area is 208 Å². The van der Waals surface area contributed by atoms with Crippen molar-refractivity contribution in [3.05, 3.63) is 108 Å². The van der Waals surface area contributed by atoms with Gasteiger partial charge in [0.2, 0.25) is 11.8 Å². The minimum atomic E-state index is -0.401. The number of carbonyl (C=O) groups excluding carboxylic acids is 1. The summed E-state index contributed by atoms with van der Waals surface area (Å²) in [5.74, 6) is 1.14. The number of fused-ring (bicyclic) bond motifs is 1. The van der Waals surface area contributed by atoms with Crippen LogP contribution in [0.1, 0.15) is 17.0 Å². The first-order valence-electron chi connectivity index (χ1n) is 11.6. The molecule has 0 aliphatic rings. The van der Waals surface area contributed by atoms with Gasteiger partial charge in [0.05, 0.1) is 25.1 Å². The lowest BCUT2D eigenvalue weighted by atomic mass is 9.90. The lowest BCUT2D eigenvalue weighted by Crippen LogP contribution is -2.33. The second-order valence-electron chi connectivity index (χ2n) is 8.06. The Bertz CT molecular complexity index is 1410. The van der Waals surface area contributed by atoms with Crippen molar-refractivity contribution in [2.45, 2.75) is 5.92 Å². The Balaban J connectivity index is 1.26. The molecule has 8 nitrogen and oxygen atoms in total. The third-order valence-electron chi connectivity index (χ3n) is 5.77. The summed E-state index contributed by atoms with van der Waals surface area (Å²) in [5, 5.41) is 16.0. The number of benzene rings is 3. The van der Waals surface area contributed by atoms with E-state index in [9.17, 15) is 4.79 Å². The van der Waals surface area contributed by atoms with E-state index in [1.165, 1.54) is 0 Å². The molecule has 1 amide bonds. The number of hydrogen-bond acceptors (Lipinski definition) is 6. The van der Waals surface area contributed by atoms with Gasteiger partial charge in [0, 0.05) is 6.07 Å². The predicted molar refractivity (Wildman–Crippen MR) is 136 cm³/mol. The maximum absolute atomic E-state index is 13.1. The summed E-state index contributed by atoms with van der Waals surface area (Å²) in [4.78, 5) is 13.1. The van der Waals surface area contributed by atoms with E-state index in [4.69, 9.17) is 9.47 Å². The Morgan fingerprint density at radius 1 is 0.861 bits per heavy atom. The minimum absolute atomic E-state index is 0.0864. The molecule has 180 valence electrons. The molecule has 3 aromatic carbocycles. The van der Waals surface area contributed by atoms with E-state index in [-0.39, 0.29) is 12.5 Å². The Hall–Kier alpha value is -4.72. The Kier molecular flexibility index (Phi) is 6.84. The van der Waals surface area contributed by atoms with Crippen LogP contribution in [0, 0.1) is 0 Å². The van der Waals surface area contributed by atoms with Crippen molar-refractivity contribution in [3.63, 3.8) is 0 Å². The first kappa shape index (κ1) is 23.0. The van der Waals surface area contributed by atoms with E-state index in [1.807, 2.05) is 84.9 Å². The number of para-hydroxylation sites is 1. The smallest absolute Gasteiger partial charge is 0.232 e. The zero-order chi connectivity index (χ0) is 24.7. The van der Waals surface area contributed by atoms with Crippen molar-refractivity contribution in [2.24, 2.45) is 0 Å². The van der Waals surface area contributed by atoms with E-state index < -0.39 is 5.92 Å². The van der Waals surface area contributed by atoms with Crippen LogP contribution < -0.4 is 14.8 Å². The summed E-state index contributed by atoms with van der Waals surface area (Å²) in [6, 6.07) is 30.6. The van der Waals surface area contributed by atoms with Gasteiger partial charge >= 0.3 is 0 Å². The molecule has 0 saturated carbocycles. The van der Waals surface area contributed by atoms with Crippen LogP contribution in [0.5, 0.6) is 11.6 Å². The summed E-state index contributed by atoms with van der Waals surface area (Å²) in [6.45, 7) is 0.586. The van der Waals surface area contributed by atoms with Crippen LogP contribution in [0.4, 0.5) is 0 Å². The molecule has 0 bridgehead atoms. The zero-order valence-corrected chi connectivity index (χ0v) is 19.7. The molecule has 0 aliphatic carbocycles. The van der Waals surface area contributed by atoms with Crippen molar-refractivity contribution in [3.8, 4) is 23.0 Å². The normalized spacial score (nSPS) is 10.9. The fourth-order valence-electron chi connectivity index (χ4n) is 4.06. The van der Waals surface area contributed by atoms with Gasteiger partial charge in [-0.15, -0.1) is 15.3 Å². The molecule has 0 saturated heterocycles. The van der Waals surface area contributed by atoms with Crippen LogP contribution in [0.2, 0.25) is 0 Å². The first-order valence-corrected chi connectivity index (χ1v) is 11.6. The highest BCUT2D eigenvalue weighted by molar-refractivity contribution is 5.87. The van der Waals surface area contributed by atoms with E-state index in [0.717, 1.165) is 16.7 Å². The highest BCUT2D eigenvalue weighted by Crippen LogP contribution is 2.28.